The molecule has 3 aromatic carbocycles. The van der Waals surface area contributed by atoms with Crippen LogP contribution in [0.5, 0.6) is 0 Å². The predicted octanol–water partition coefficient (Wildman–Crippen LogP) is 5.80. The fourth-order valence-corrected chi connectivity index (χ4v) is 4.53. The van der Waals surface area contributed by atoms with Gasteiger partial charge in [0.05, 0.1) is 16.5 Å². The third kappa shape index (κ3) is 2.67. The summed E-state index contributed by atoms with van der Waals surface area (Å²) in [5, 5.41) is 2.58. The topological polar surface area (TPSA) is 7.12 Å². The number of para-hydroxylation sites is 2. The number of aryl methyl sites for hydroxylation is 1. The summed E-state index contributed by atoms with van der Waals surface area (Å²) >= 11 is 3.75. The number of fused-ring (bicyclic) bond motifs is 2. The minimum Gasteiger partial charge on any atom is -0.377 e. The maximum Gasteiger partial charge on any atom is 0.213 e. The minimum atomic E-state index is 0.949. The number of halogens is 1. The number of hydrogen-bond donors (Lipinski definition) is 0. The first-order valence-corrected chi connectivity index (χ1v) is 9.71. The van der Waals surface area contributed by atoms with Crippen molar-refractivity contribution in [2.45, 2.75) is 13.5 Å². The lowest BCUT2D eigenvalue weighted by atomic mass is 9.95. The van der Waals surface area contributed by atoms with Gasteiger partial charge < -0.3 is 4.90 Å². The third-order valence-electron chi connectivity index (χ3n) is 4.96. The van der Waals surface area contributed by atoms with Crippen molar-refractivity contribution in [1.29, 1.82) is 0 Å². The summed E-state index contributed by atoms with van der Waals surface area (Å²) in [6, 6.07) is 24.1. The van der Waals surface area contributed by atoms with E-state index in [9.17, 15) is 0 Å². The summed E-state index contributed by atoms with van der Waals surface area (Å²) < 4.78 is 3.51. The van der Waals surface area contributed by atoms with Crippen LogP contribution >= 0.6 is 15.9 Å². The standard InChI is InChI=1S/C23H22BrN2/c1-4-26-20-11-7-5-9-17(20)23(18-10-6-8-12-21(18)26)16-13-14-22(25(2)3)19(24)15-16/h5-15H,4H2,1-3H3/q+1. The number of hydrogen-bond acceptors (Lipinski definition) is 1. The van der Waals surface area contributed by atoms with E-state index >= 15 is 0 Å². The third-order valence-corrected chi connectivity index (χ3v) is 5.60. The second-order valence-corrected chi connectivity index (χ2v) is 7.57. The highest BCUT2D eigenvalue weighted by Gasteiger charge is 2.20. The van der Waals surface area contributed by atoms with Crippen LogP contribution in [-0.2, 0) is 6.54 Å². The number of aromatic nitrogens is 1. The molecule has 4 aromatic rings. The predicted molar refractivity (Wildman–Crippen MR) is 115 cm³/mol. The zero-order valence-corrected chi connectivity index (χ0v) is 16.9. The van der Waals surface area contributed by atoms with Crippen LogP contribution in [0.4, 0.5) is 5.69 Å². The first-order valence-electron chi connectivity index (χ1n) is 8.92. The number of pyridine rings is 1. The molecule has 0 N–H and O–H groups in total. The second kappa shape index (κ2) is 6.73. The van der Waals surface area contributed by atoms with Crippen molar-refractivity contribution in [3.8, 4) is 11.1 Å². The first-order chi connectivity index (χ1) is 12.6. The zero-order valence-electron chi connectivity index (χ0n) is 15.3. The van der Waals surface area contributed by atoms with E-state index < -0.39 is 0 Å². The molecule has 26 heavy (non-hydrogen) atoms. The molecule has 4 rings (SSSR count). The average molecular weight is 406 g/mol. The Morgan fingerprint density at radius 3 is 1.92 bits per heavy atom. The minimum absolute atomic E-state index is 0.949. The Bertz CT molecular complexity index is 1060. The normalized spacial score (nSPS) is 11.2. The molecule has 0 aliphatic heterocycles. The van der Waals surface area contributed by atoms with E-state index in [0.717, 1.165) is 11.0 Å². The van der Waals surface area contributed by atoms with Crippen molar-refractivity contribution in [2.24, 2.45) is 0 Å². The van der Waals surface area contributed by atoms with Crippen molar-refractivity contribution in [3.05, 3.63) is 71.2 Å². The largest absolute Gasteiger partial charge is 0.377 e. The smallest absolute Gasteiger partial charge is 0.213 e. The Balaban J connectivity index is 2.13. The number of anilines is 1. The molecule has 0 amide bonds. The fraction of sp³-hybridized carbons (Fsp3) is 0.174. The van der Waals surface area contributed by atoms with Gasteiger partial charge in [-0.3, -0.25) is 0 Å². The van der Waals surface area contributed by atoms with E-state index in [2.05, 4.69) is 113 Å². The Morgan fingerprint density at radius 1 is 0.846 bits per heavy atom. The van der Waals surface area contributed by atoms with E-state index in [4.69, 9.17) is 0 Å². The molecule has 0 fully saturated rings. The van der Waals surface area contributed by atoms with Crippen molar-refractivity contribution in [1.82, 2.24) is 0 Å². The molecular weight excluding hydrogens is 384 g/mol. The lowest BCUT2D eigenvalue weighted by Crippen LogP contribution is -2.34. The molecule has 1 heterocycles. The van der Waals surface area contributed by atoms with E-state index in [1.54, 1.807) is 0 Å². The molecule has 0 spiro atoms. The summed E-state index contributed by atoms with van der Waals surface area (Å²) in [5.41, 5.74) is 6.26. The van der Waals surface area contributed by atoms with Crippen LogP contribution in [0.1, 0.15) is 6.92 Å². The Labute approximate surface area is 162 Å². The maximum absolute atomic E-state index is 3.75. The molecule has 0 atom stereocenters. The van der Waals surface area contributed by atoms with Gasteiger partial charge in [-0.2, -0.15) is 4.57 Å². The highest BCUT2D eigenvalue weighted by molar-refractivity contribution is 9.10. The molecule has 3 heteroatoms. The number of benzene rings is 3. The summed E-state index contributed by atoms with van der Waals surface area (Å²) in [4.78, 5) is 2.13. The summed E-state index contributed by atoms with van der Waals surface area (Å²) in [6.07, 6.45) is 0. The fourth-order valence-electron chi connectivity index (χ4n) is 3.79. The van der Waals surface area contributed by atoms with Gasteiger partial charge in [0, 0.05) is 36.3 Å². The van der Waals surface area contributed by atoms with Gasteiger partial charge in [0.15, 0.2) is 0 Å². The highest BCUT2D eigenvalue weighted by atomic mass is 79.9. The van der Waals surface area contributed by atoms with Crippen molar-refractivity contribution in [2.75, 3.05) is 19.0 Å². The molecule has 0 saturated heterocycles. The van der Waals surface area contributed by atoms with Gasteiger partial charge in [-0.1, -0.05) is 30.3 Å². The molecule has 130 valence electrons. The molecule has 0 saturated carbocycles. The lowest BCUT2D eigenvalue weighted by molar-refractivity contribution is -0.641. The van der Waals surface area contributed by atoms with Gasteiger partial charge in [0.2, 0.25) is 11.0 Å². The lowest BCUT2D eigenvalue weighted by Gasteiger charge is -2.17. The first kappa shape index (κ1) is 17.0. The van der Waals surface area contributed by atoms with Gasteiger partial charge in [0.25, 0.3) is 0 Å². The van der Waals surface area contributed by atoms with Gasteiger partial charge in [-0.05, 0) is 52.7 Å². The van der Waals surface area contributed by atoms with Gasteiger partial charge in [-0.25, -0.2) is 0 Å². The molecule has 2 nitrogen and oxygen atoms in total. The second-order valence-electron chi connectivity index (χ2n) is 6.71. The summed E-state index contributed by atoms with van der Waals surface area (Å²) in [6.45, 7) is 3.16. The Morgan fingerprint density at radius 2 is 1.42 bits per heavy atom. The van der Waals surface area contributed by atoms with Crippen LogP contribution in [-0.4, -0.2) is 14.1 Å². The van der Waals surface area contributed by atoms with E-state index in [-0.39, 0.29) is 0 Å². The van der Waals surface area contributed by atoms with Crippen LogP contribution in [0.2, 0.25) is 0 Å². The average Bonchev–Trinajstić information content (AvgIpc) is 2.65. The molecule has 0 bridgehead atoms. The maximum atomic E-state index is 3.75. The Hall–Kier alpha value is -2.39. The SMILES string of the molecule is CC[n+]1c2ccccc2c(-c2ccc(N(C)C)c(Br)c2)c2ccccc21. The van der Waals surface area contributed by atoms with Crippen molar-refractivity contribution >= 4 is 43.4 Å². The molecule has 0 unspecified atom stereocenters. The number of rotatable bonds is 3. The quantitative estimate of drug-likeness (QED) is 0.308. The molecule has 1 aromatic heterocycles. The van der Waals surface area contributed by atoms with Gasteiger partial charge in [-0.15, -0.1) is 0 Å². The summed E-state index contributed by atoms with van der Waals surface area (Å²) in [5.74, 6) is 0. The molecule has 0 radical (unpaired) electrons. The Kier molecular flexibility index (Phi) is 4.41. The van der Waals surface area contributed by atoms with Crippen LogP contribution in [0.15, 0.2) is 71.2 Å². The van der Waals surface area contributed by atoms with Crippen LogP contribution in [0.25, 0.3) is 32.9 Å². The molecule has 0 aliphatic rings. The molecular formula is C23H22BrN2+. The molecule has 0 aliphatic carbocycles. The number of nitrogens with zero attached hydrogens (tertiary/aromatic N) is 2. The monoisotopic (exact) mass is 405 g/mol. The van der Waals surface area contributed by atoms with E-state index in [1.807, 2.05) is 0 Å². The van der Waals surface area contributed by atoms with E-state index in [1.165, 1.54) is 38.6 Å². The van der Waals surface area contributed by atoms with Gasteiger partial charge >= 0.3 is 0 Å². The highest BCUT2D eigenvalue weighted by Crippen LogP contribution is 2.37. The summed E-state index contributed by atoms with van der Waals surface area (Å²) in [7, 11) is 4.13. The van der Waals surface area contributed by atoms with Gasteiger partial charge in [0.1, 0.15) is 6.54 Å². The van der Waals surface area contributed by atoms with Crippen LogP contribution in [0.3, 0.4) is 0 Å². The van der Waals surface area contributed by atoms with Crippen molar-refractivity contribution in [3.63, 3.8) is 0 Å². The zero-order chi connectivity index (χ0) is 18.3. The van der Waals surface area contributed by atoms with Crippen LogP contribution < -0.4 is 9.47 Å². The van der Waals surface area contributed by atoms with Crippen LogP contribution in [0, 0.1) is 0 Å². The van der Waals surface area contributed by atoms with Crippen molar-refractivity contribution < 1.29 is 4.57 Å². The van der Waals surface area contributed by atoms with E-state index in [0.29, 0.717) is 0 Å².